The van der Waals surface area contributed by atoms with Crippen LogP contribution in [-0.2, 0) is 17.7 Å². The van der Waals surface area contributed by atoms with Crippen LogP contribution in [-0.4, -0.2) is 43.0 Å². The number of aryl methyl sites for hydroxylation is 1. The smallest absolute Gasteiger partial charge is 0.341 e. The van der Waals surface area contributed by atoms with Gasteiger partial charge in [0.2, 0.25) is 5.82 Å². The first kappa shape index (κ1) is 24.3. The molecule has 0 radical (unpaired) electrons. The molecule has 0 amide bonds. The van der Waals surface area contributed by atoms with Crippen molar-refractivity contribution >= 4 is 5.97 Å². The maximum atomic E-state index is 15.4. The fourth-order valence-corrected chi connectivity index (χ4v) is 4.19. The minimum Gasteiger partial charge on any atom is -0.462 e. The molecule has 2 aromatic heterocycles. The Morgan fingerprint density at radius 1 is 1.11 bits per heavy atom. The molecule has 2 heterocycles. The summed E-state index contributed by atoms with van der Waals surface area (Å²) < 4.78 is 22.7. The maximum Gasteiger partial charge on any atom is 0.341 e. The summed E-state index contributed by atoms with van der Waals surface area (Å²) in [6.45, 7) is 8.77. The van der Waals surface area contributed by atoms with Gasteiger partial charge in [-0.2, -0.15) is 10.3 Å². The lowest BCUT2D eigenvalue weighted by Gasteiger charge is -2.12. The molecule has 0 unspecified atom stereocenters. The second-order valence-electron chi connectivity index (χ2n) is 8.58. The number of rotatable bonds is 9. The van der Waals surface area contributed by atoms with E-state index in [0.29, 0.717) is 46.7 Å². The third kappa shape index (κ3) is 4.99. The minimum absolute atomic E-state index is 0.0482. The third-order valence-electron chi connectivity index (χ3n) is 5.76. The van der Waals surface area contributed by atoms with Crippen LogP contribution in [0.3, 0.4) is 0 Å². The van der Waals surface area contributed by atoms with Gasteiger partial charge in [-0.3, -0.25) is 4.68 Å². The number of hydrogen-bond acceptors (Lipinski definition) is 6. The van der Waals surface area contributed by atoms with E-state index < -0.39 is 0 Å². The molecule has 35 heavy (non-hydrogen) atoms. The molecule has 0 fully saturated rings. The SMILES string of the molecule is CCCn1nc(C(C)C)c(C(=O)OCC)c1Cc1ccc(-c2ccccc2-c2nn[nH]n2)c(F)c1. The Bertz CT molecular complexity index is 1310. The summed E-state index contributed by atoms with van der Waals surface area (Å²) in [5.74, 6) is -0.318. The van der Waals surface area contributed by atoms with Gasteiger partial charge in [-0.15, -0.1) is 10.2 Å². The molecule has 0 spiro atoms. The number of ether oxygens (including phenoxy) is 1. The van der Waals surface area contributed by atoms with Crippen molar-refractivity contribution in [3.63, 3.8) is 0 Å². The van der Waals surface area contributed by atoms with Gasteiger partial charge >= 0.3 is 5.97 Å². The van der Waals surface area contributed by atoms with Gasteiger partial charge in [0, 0.05) is 24.1 Å². The van der Waals surface area contributed by atoms with Crippen molar-refractivity contribution in [1.82, 2.24) is 30.4 Å². The topological polar surface area (TPSA) is 98.6 Å². The Morgan fingerprint density at radius 3 is 2.51 bits per heavy atom. The first-order valence-electron chi connectivity index (χ1n) is 11.8. The second kappa shape index (κ2) is 10.6. The van der Waals surface area contributed by atoms with E-state index in [4.69, 9.17) is 9.84 Å². The average molecular weight is 477 g/mol. The van der Waals surface area contributed by atoms with Crippen LogP contribution < -0.4 is 0 Å². The summed E-state index contributed by atoms with van der Waals surface area (Å²) in [6.07, 6.45) is 1.21. The van der Waals surface area contributed by atoms with Gasteiger partial charge in [0.25, 0.3) is 0 Å². The minimum atomic E-state index is -0.389. The predicted molar refractivity (Wildman–Crippen MR) is 130 cm³/mol. The number of aromatic amines is 1. The molecule has 182 valence electrons. The van der Waals surface area contributed by atoms with Crippen molar-refractivity contribution in [2.24, 2.45) is 0 Å². The summed E-state index contributed by atoms with van der Waals surface area (Å²) in [4.78, 5) is 12.9. The number of halogens is 1. The summed E-state index contributed by atoms with van der Waals surface area (Å²) >= 11 is 0. The predicted octanol–water partition coefficient (Wildman–Crippen LogP) is 5.17. The fraction of sp³-hybridized carbons (Fsp3) is 0.346. The zero-order valence-electron chi connectivity index (χ0n) is 20.4. The van der Waals surface area contributed by atoms with E-state index in [-0.39, 0.29) is 24.3 Å². The van der Waals surface area contributed by atoms with Crippen LogP contribution in [0.15, 0.2) is 42.5 Å². The van der Waals surface area contributed by atoms with Crippen LogP contribution in [0.1, 0.15) is 67.3 Å². The maximum absolute atomic E-state index is 15.4. The number of carbonyl (C=O) groups excluding carboxylic acids is 1. The van der Waals surface area contributed by atoms with E-state index in [0.717, 1.165) is 17.7 Å². The number of aromatic nitrogens is 6. The zero-order valence-corrected chi connectivity index (χ0v) is 20.4. The quantitative estimate of drug-likeness (QED) is 0.335. The molecule has 2 aromatic carbocycles. The van der Waals surface area contributed by atoms with E-state index in [1.807, 2.05) is 48.9 Å². The summed E-state index contributed by atoms with van der Waals surface area (Å²) in [5, 5.41) is 18.9. The number of nitrogens with one attached hydrogen (secondary N) is 1. The molecule has 8 nitrogen and oxygen atoms in total. The van der Waals surface area contributed by atoms with Crippen LogP contribution in [0.2, 0.25) is 0 Å². The highest BCUT2D eigenvalue weighted by Crippen LogP contribution is 2.33. The second-order valence-corrected chi connectivity index (χ2v) is 8.58. The van der Waals surface area contributed by atoms with E-state index in [1.165, 1.54) is 6.07 Å². The molecule has 0 bridgehead atoms. The van der Waals surface area contributed by atoms with Crippen LogP contribution >= 0.6 is 0 Å². The molecule has 0 aliphatic heterocycles. The lowest BCUT2D eigenvalue weighted by Crippen LogP contribution is -2.12. The Balaban J connectivity index is 1.74. The van der Waals surface area contributed by atoms with Crippen LogP contribution in [0.25, 0.3) is 22.5 Å². The van der Waals surface area contributed by atoms with Crippen LogP contribution in [0.5, 0.6) is 0 Å². The van der Waals surface area contributed by atoms with Gasteiger partial charge in [0.1, 0.15) is 11.4 Å². The summed E-state index contributed by atoms with van der Waals surface area (Å²) in [6, 6.07) is 12.5. The highest BCUT2D eigenvalue weighted by atomic mass is 19.1. The lowest BCUT2D eigenvalue weighted by molar-refractivity contribution is 0.0523. The summed E-state index contributed by atoms with van der Waals surface area (Å²) in [5.41, 5.74) is 4.46. The Kier molecular flexibility index (Phi) is 7.33. The molecular weight excluding hydrogens is 447 g/mol. The molecule has 0 saturated carbocycles. The normalized spacial score (nSPS) is 11.3. The van der Waals surface area contributed by atoms with Crippen molar-refractivity contribution in [1.29, 1.82) is 0 Å². The number of esters is 1. The van der Waals surface area contributed by atoms with Crippen molar-refractivity contribution in [3.8, 4) is 22.5 Å². The Morgan fingerprint density at radius 2 is 1.89 bits per heavy atom. The molecule has 0 atom stereocenters. The lowest BCUT2D eigenvalue weighted by atomic mass is 9.95. The van der Waals surface area contributed by atoms with Crippen LogP contribution in [0.4, 0.5) is 4.39 Å². The molecule has 9 heteroatoms. The van der Waals surface area contributed by atoms with Gasteiger partial charge in [-0.05, 0) is 41.7 Å². The molecule has 0 aliphatic rings. The number of H-pyrrole nitrogens is 1. The monoisotopic (exact) mass is 476 g/mol. The van der Waals surface area contributed by atoms with Crippen LogP contribution in [0, 0.1) is 5.82 Å². The molecule has 1 N–H and O–H groups in total. The van der Waals surface area contributed by atoms with Crippen molar-refractivity contribution < 1.29 is 13.9 Å². The largest absolute Gasteiger partial charge is 0.462 e. The van der Waals surface area contributed by atoms with E-state index in [2.05, 4.69) is 27.5 Å². The Hall–Kier alpha value is -3.88. The van der Waals surface area contributed by atoms with Gasteiger partial charge in [0.15, 0.2) is 0 Å². The standard InChI is InChI=1S/C26H29FN6O2/c1-5-13-33-22(23(26(34)35-6-2)24(30-33)16(3)4)15-17-11-12-19(21(27)14-17)18-9-7-8-10-20(18)25-28-31-32-29-25/h7-12,14,16H,5-6,13,15H2,1-4H3,(H,28,29,31,32). The van der Waals surface area contributed by atoms with Gasteiger partial charge in [-0.1, -0.05) is 57.2 Å². The van der Waals surface area contributed by atoms with Crippen molar-refractivity contribution in [2.75, 3.05) is 6.61 Å². The third-order valence-corrected chi connectivity index (χ3v) is 5.76. The van der Waals surface area contributed by atoms with Gasteiger partial charge in [0.05, 0.1) is 18.0 Å². The van der Waals surface area contributed by atoms with Gasteiger partial charge in [-0.25, -0.2) is 9.18 Å². The van der Waals surface area contributed by atoms with Crippen molar-refractivity contribution in [2.45, 2.75) is 53.0 Å². The number of tetrazole rings is 1. The number of hydrogen-bond donors (Lipinski definition) is 1. The van der Waals surface area contributed by atoms with E-state index in [9.17, 15) is 4.79 Å². The molecule has 4 rings (SSSR count). The van der Waals surface area contributed by atoms with E-state index in [1.54, 1.807) is 13.0 Å². The molecular formula is C26H29FN6O2. The summed E-state index contributed by atoms with van der Waals surface area (Å²) in [7, 11) is 0. The Labute approximate surface area is 203 Å². The van der Waals surface area contributed by atoms with Crippen molar-refractivity contribution in [3.05, 3.63) is 70.8 Å². The number of carbonyl (C=O) groups is 1. The average Bonchev–Trinajstić information content (AvgIpc) is 3.49. The first-order chi connectivity index (χ1) is 16.9. The first-order valence-corrected chi connectivity index (χ1v) is 11.8. The highest BCUT2D eigenvalue weighted by molar-refractivity contribution is 5.92. The number of benzene rings is 2. The zero-order chi connectivity index (χ0) is 24.9. The fourth-order valence-electron chi connectivity index (χ4n) is 4.19. The highest BCUT2D eigenvalue weighted by Gasteiger charge is 2.26. The van der Waals surface area contributed by atoms with Gasteiger partial charge < -0.3 is 4.74 Å². The molecule has 4 aromatic rings. The number of nitrogens with zero attached hydrogens (tertiary/aromatic N) is 5. The molecule has 0 saturated heterocycles. The van der Waals surface area contributed by atoms with E-state index >= 15 is 4.39 Å². The molecule has 0 aliphatic carbocycles.